The van der Waals surface area contributed by atoms with Gasteiger partial charge in [0, 0.05) is 0 Å². The van der Waals surface area contributed by atoms with E-state index in [2.05, 4.69) is 20.8 Å². The highest BCUT2D eigenvalue weighted by molar-refractivity contribution is 5.76. The summed E-state index contributed by atoms with van der Waals surface area (Å²) in [5, 5.41) is 0. The second-order valence-corrected chi connectivity index (χ2v) is 5.29. The molecule has 2 bridgehead atoms. The molecule has 3 atom stereocenters. The molecule has 13 heavy (non-hydrogen) atoms. The van der Waals surface area contributed by atoms with Gasteiger partial charge in [0.2, 0.25) is 0 Å². The van der Waals surface area contributed by atoms with E-state index in [-0.39, 0.29) is 17.3 Å². The molecular weight excluding hydrogens is 164 g/mol. The first kappa shape index (κ1) is 9.04. The summed E-state index contributed by atoms with van der Waals surface area (Å²) in [7, 11) is 1.50. The van der Waals surface area contributed by atoms with Crippen molar-refractivity contribution in [3.05, 3.63) is 0 Å². The lowest BCUT2D eigenvalue weighted by Gasteiger charge is -2.58. The van der Waals surface area contributed by atoms with Gasteiger partial charge in [-0.3, -0.25) is 4.79 Å². The van der Waals surface area contributed by atoms with Gasteiger partial charge in [-0.1, -0.05) is 20.8 Å². The van der Waals surface area contributed by atoms with Crippen LogP contribution in [0.2, 0.25) is 0 Å². The third kappa shape index (κ3) is 0.773. The van der Waals surface area contributed by atoms with Crippen LogP contribution in [0, 0.1) is 22.7 Å². The van der Waals surface area contributed by atoms with Crippen molar-refractivity contribution in [3.63, 3.8) is 0 Å². The molecule has 0 radical (unpaired) electrons. The van der Waals surface area contributed by atoms with E-state index in [1.807, 2.05) is 0 Å². The number of ether oxygens (including phenoxy) is 1. The van der Waals surface area contributed by atoms with Crippen molar-refractivity contribution in [1.29, 1.82) is 0 Å². The van der Waals surface area contributed by atoms with E-state index in [0.717, 1.165) is 0 Å². The molecule has 0 saturated heterocycles. The number of methoxy groups -OCH3 is 1. The molecule has 2 nitrogen and oxygen atoms in total. The zero-order valence-corrected chi connectivity index (χ0v) is 8.89. The predicted octanol–water partition coefficient (Wildman–Crippen LogP) is 2.23. The Bertz CT molecular complexity index is 257. The molecule has 0 aromatic rings. The van der Waals surface area contributed by atoms with Crippen LogP contribution in [0.4, 0.5) is 0 Å². The van der Waals surface area contributed by atoms with Gasteiger partial charge < -0.3 is 4.74 Å². The zero-order valence-electron chi connectivity index (χ0n) is 8.89. The van der Waals surface area contributed by atoms with Crippen LogP contribution in [-0.4, -0.2) is 13.1 Å². The molecule has 0 aromatic carbocycles. The molecule has 3 aliphatic rings. The monoisotopic (exact) mass is 182 g/mol. The first-order valence-electron chi connectivity index (χ1n) is 5.03. The summed E-state index contributed by atoms with van der Waals surface area (Å²) < 4.78 is 4.85. The maximum Gasteiger partial charge on any atom is 0.309 e. The van der Waals surface area contributed by atoms with Crippen molar-refractivity contribution in [3.8, 4) is 0 Å². The number of hydrogen-bond acceptors (Lipinski definition) is 2. The van der Waals surface area contributed by atoms with Crippen LogP contribution in [0.1, 0.15) is 33.6 Å². The summed E-state index contributed by atoms with van der Waals surface area (Å²) in [6.45, 7) is 6.80. The molecule has 0 aromatic heterocycles. The fraction of sp³-hybridized carbons (Fsp3) is 0.909. The molecule has 0 spiro atoms. The van der Waals surface area contributed by atoms with Gasteiger partial charge in [0.05, 0.1) is 13.0 Å². The number of carbonyl (C=O) groups is 1. The number of hydrogen-bond donors (Lipinski definition) is 0. The summed E-state index contributed by atoms with van der Waals surface area (Å²) in [5.74, 6) is 0.738. The highest BCUT2D eigenvalue weighted by Gasteiger charge is 2.71. The van der Waals surface area contributed by atoms with Gasteiger partial charge in [-0.2, -0.15) is 0 Å². The standard InChI is InChI=1S/C11H18O2/c1-10(2)7-5-6-11(10,3)8(7)9(12)13-4/h7-8H,5-6H2,1-4H3/t7-,8-,11-/m1/s1. The lowest BCUT2D eigenvalue weighted by Crippen LogP contribution is -2.58. The van der Waals surface area contributed by atoms with Crippen LogP contribution in [-0.2, 0) is 9.53 Å². The Morgan fingerprint density at radius 3 is 2.31 bits per heavy atom. The minimum absolute atomic E-state index is 0.00400. The lowest BCUT2D eigenvalue weighted by molar-refractivity contribution is -0.180. The van der Waals surface area contributed by atoms with E-state index < -0.39 is 0 Å². The average Bonchev–Trinajstić information content (AvgIpc) is 2.54. The van der Waals surface area contributed by atoms with E-state index in [1.165, 1.54) is 20.0 Å². The van der Waals surface area contributed by atoms with Crippen LogP contribution >= 0.6 is 0 Å². The van der Waals surface area contributed by atoms with Gasteiger partial charge >= 0.3 is 5.97 Å². The highest BCUT2D eigenvalue weighted by Crippen LogP contribution is 2.73. The van der Waals surface area contributed by atoms with E-state index in [0.29, 0.717) is 11.3 Å². The van der Waals surface area contributed by atoms with Gasteiger partial charge in [0.15, 0.2) is 0 Å². The predicted molar refractivity (Wildman–Crippen MR) is 50.1 cm³/mol. The molecule has 0 heterocycles. The van der Waals surface area contributed by atoms with Gasteiger partial charge in [-0.05, 0) is 29.6 Å². The largest absolute Gasteiger partial charge is 0.469 e. The van der Waals surface area contributed by atoms with Gasteiger partial charge in [0.1, 0.15) is 0 Å². The van der Waals surface area contributed by atoms with Crippen molar-refractivity contribution in [2.24, 2.45) is 22.7 Å². The van der Waals surface area contributed by atoms with Crippen molar-refractivity contribution >= 4 is 5.97 Å². The Morgan fingerprint density at radius 1 is 1.38 bits per heavy atom. The fourth-order valence-electron chi connectivity index (χ4n) is 3.60. The third-order valence-electron chi connectivity index (χ3n) is 4.92. The third-order valence-corrected chi connectivity index (χ3v) is 4.92. The summed E-state index contributed by atoms with van der Waals surface area (Å²) in [6.07, 6.45) is 2.38. The van der Waals surface area contributed by atoms with Crippen LogP contribution in [0.3, 0.4) is 0 Å². The maximum absolute atomic E-state index is 11.5. The number of carbonyl (C=O) groups excluding carboxylic acids is 1. The number of rotatable bonds is 1. The Morgan fingerprint density at radius 2 is 2.00 bits per heavy atom. The first-order chi connectivity index (χ1) is 5.95. The summed E-state index contributed by atoms with van der Waals surface area (Å²) in [4.78, 5) is 11.5. The molecular formula is C11H18O2. The number of esters is 1. The molecule has 0 aliphatic heterocycles. The lowest BCUT2D eigenvalue weighted by atomic mass is 9.45. The van der Waals surface area contributed by atoms with Crippen LogP contribution < -0.4 is 0 Å². The van der Waals surface area contributed by atoms with E-state index >= 15 is 0 Å². The van der Waals surface area contributed by atoms with Crippen LogP contribution in [0.5, 0.6) is 0 Å². The van der Waals surface area contributed by atoms with Gasteiger partial charge in [0.25, 0.3) is 0 Å². The number of fused-ring (bicyclic) bond motifs is 1. The summed E-state index contributed by atoms with van der Waals surface area (Å²) in [5.41, 5.74) is 0.538. The fourth-order valence-corrected chi connectivity index (χ4v) is 3.60. The summed E-state index contributed by atoms with van der Waals surface area (Å²) >= 11 is 0. The van der Waals surface area contributed by atoms with Gasteiger partial charge in [-0.15, -0.1) is 0 Å². The molecule has 3 aliphatic carbocycles. The summed E-state index contributed by atoms with van der Waals surface area (Å²) in [6, 6.07) is 0. The Labute approximate surface area is 79.7 Å². The minimum atomic E-state index is 0.00400. The maximum atomic E-state index is 11.5. The van der Waals surface area contributed by atoms with Crippen molar-refractivity contribution < 1.29 is 9.53 Å². The zero-order chi connectivity index (χ0) is 9.85. The molecule has 0 amide bonds. The van der Waals surface area contributed by atoms with E-state index in [4.69, 9.17) is 4.74 Å². The Balaban J connectivity index is 2.26. The Kier molecular flexibility index (Phi) is 1.59. The van der Waals surface area contributed by atoms with Crippen LogP contribution in [0.15, 0.2) is 0 Å². The second kappa shape index (κ2) is 2.28. The Hall–Kier alpha value is -0.530. The first-order valence-corrected chi connectivity index (χ1v) is 5.03. The van der Waals surface area contributed by atoms with Crippen molar-refractivity contribution in [2.75, 3.05) is 7.11 Å². The molecule has 3 fully saturated rings. The smallest absolute Gasteiger partial charge is 0.309 e. The highest BCUT2D eigenvalue weighted by atomic mass is 16.5. The second-order valence-electron chi connectivity index (χ2n) is 5.29. The van der Waals surface area contributed by atoms with E-state index in [1.54, 1.807) is 0 Å². The molecule has 3 rings (SSSR count). The molecule has 2 heteroatoms. The van der Waals surface area contributed by atoms with Crippen LogP contribution in [0.25, 0.3) is 0 Å². The molecule has 0 unspecified atom stereocenters. The molecule has 0 N–H and O–H groups in total. The van der Waals surface area contributed by atoms with Gasteiger partial charge in [-0.25, -0.2) is 0 Å². The van der Waals surface area contributed by atoms with Crippen molar-refractivity contribution in [2.45, 2.75) is 33.6 Å². The quantitative estimate of drug-likeness (QED) is 0.581. The average molecular weight is 182 g/mol. The van der Waals surface area contributed by atoms with Crippen molar-refractivity contribution in [1.82, 2.24) is 0 Å². The topological polar surface area (TPSA) is 26.3 Å². The SMILES string of the molecule is COC(=O)[C@H]1[C@H]2CC[C@@]1(C)C2(C)C. The molecule has 3 saturated carbocycles. The minimum Gasteiger partial charge on any atom is -0.469 e. The van der Waals surface area contributed by atoms with E-state index in [9.17, 15) is 4.79 Å². The molecule has 74 valence electrons. The normalized spacial score (nSPS) is 45.5.